The Hall–Kier alpha value is -0.640. The summed E-state index contributed by atoms with van der Waals surface area (Å²) in [6.45, 7) is -0.00301. The standard InChI is InChI=1S/C8H6ClNOS/c9-5-1-2-6-7(3-5)12-8(4-11)10-6/h1-3,11H,4H2. The Morgan fingerprint density at radius 2 is 2.33 bits per heavy atom. The number of hydrogen-bond donors (Lipinski definition) is 1. The molecule has 0 aliphatic heterocycles. The Morgan fingerprint density at radius 3 is 3.08 bits per heavy atom. The van der Waals surface area contributed by atoms with Crippen molar-refractivity contribution in [3.63, 3.8) is 0 Å². The van der Waals surface area contributed by atoms with Crippen molar-refractivity contribution in [3.8, 4) is 0 Å². The monoisotopic (exact) mass is 199 g/mol. The van der Waals surface area contributed by atoms with Gasteiger partial charge in [-0.2, -0.15) is 0 Å². The van der Waals surface area contributed by atoms with Gasteiger partial charge in [-0.1, -0.05) is 11.6 Å². The van der Waals surface area contributed by atoms with E-state index >= 15 is 0 Å². The van der Waals surface area contributed by atoms with Crippen molar-refractivity contribution in [3.05, 3.63) is 28.2 Å². The molecule has 0 unspecified atom stereocenters. The van der Waals surface area contributed by atoms with E-state index in [0.717, 1.165) is 15.2 Å². The van der Waals surface area contributed by atoms with E-state index < -0.39 is 0 Å². The first-order valence-corrected chi connectivity index (χ1v) is 4.65. The molecule has 2 nitrogen and oxygen atoms in total. The zero-order valence-corrected chi connectivity index (χ0v) is 7.69. The van der Waals surface area contributed by atoms with Crippen LogP contribution in [0.25, 0.3) is 10.2 Å². The number of aromatic nitrogens is 1. The van der Waals surface area contributed by atoms with Crippen LogP contribution in [0, 0.1) is 0 Å². The highest BCUT2D eigenvalue weighted by atomic mass is 35.5. The fraction of sp³-hybridized carbons (Fsp3) is 0.125. The number of benzene rings is 1. The van der Waals surface area contributed by atoms with Gasteiger partial charge in [-0.15, -0.1) is 11.3 Å². The van der Waals surface area contributed by atoms with Crippen molar-refractivity contribution in [2.24, 2.45) is 0 Å². The number of hydrogen-bond acceptors (Lipinski definition) is 3. The van der Waals surface area contributed by atoms with Crippen molar-refractivity contribution >= 4 is 33.2 Å². The third-order valence-corrected chi connectivity index (χ3v) is 2.77. The number of fused-ring (bicyclic) bond motifs is 1. The zero-order valence-electron chi connectivity index (χ0n) is 6.12. The lowest BCUT2D eigenvalue weighted by atomic mass is 10.3. The molecule has 0 saturated carbocycles. The van der Waals surface area contributed by atoms with Crippen LogP contribution >= 0.6 is 22.9 Å². The maximum absolute atomic E-state index is 8.82. The maximum Gasteiger partial charge on any atom is 0.119 e. The number of rotatable bonds is 1. The second-order valence-electron chi connectivity index (χ2n) is 2.38. The van der Waals surface area contributed by atoms with Crippen LogP contribution in [-0.2, 0) is 6.61 Å². The fourth-order valence-electron chi connectivity index (χ4n) is 1.01. The third kappa shape index (κ3) is 1.31. The van der Waals surface area contributed by atoms with Gasteiger partial charge in [0.15, 0.2) is 0 Å². The summed E-state index contributed by atoms with van der Waals surface area (Å²) in [5.41, 5.74) is 0.897. The van der Waals surface area contributed by atoms with E-state index in [-0.39, 0.29) is 6.61 Å². The molecule has 0 amide bonds. The molecule has 0 fully saturated rings. The predicted octanol–water partition coefficient (Wildman–Crippen LogP) is 2.44. The van der Waals surface area contributed by atoms with E-state index in [1.165, 1.54) is 11.3 Å². The summed E-state index contributed by atoms with van der Waals surface area (Å²) in [5.74, 6) is 0. The number of halogens is 1. The Kier molecular flexibility index (Phi) is 2.00. The van der Waals surface area contributed by atoms with Crippen LogP contribution < -0.4 is 0 Å². The fourth-order valence-corrected chi connectivity index (χ4v) is 2.12. The van der Waals surface area contributed by atoms with Crippen LogP contribution in [0.1, 0.15) is 5.01 Å². The highest BCUT2D eigenvalue weighted by Gasteiger charge is 2.01. The van der Waals surface area contributed by atoms with E-state index in [4.69, 9.17) is 16.7 Å². The van der Waals surface area contributed by atoms with Gasteiger partial charge in [-0.3, -0.25) is 0 Å². The summed E-state index contributed by atoms with van der Waals surface area (Å²) in [5, 5.41) is 10.3. The van der Waals surface area contributed by atoms with Crippen molar-refractivity contribution in [2.75, 3.05) is 0 Å². The molecule has 12 heavy (non-hydrogen) atoms. The Bertz CT molecular complexity index is 412. The lowest BCUT2D eigenvalue weighted by Gasteiger charge is -1.86. The first kappa shape index (κ1) is 7.98. The average molecular weight is 200 g/mol. The van der Waals surface area contributed by atoms with Crippen LogP contribution in [0.15, 0.2) is 18.2 Å². The molecule has 0 radical (unpaired) electrons. The minimum Gasteiger partial charge on any atom is -0.389 e. The second kappa shape index (κ2) is 3.01. The summed E-state index contributed by atoms with van der Waals surface area (Å²) >= 11 is 7.25. The molecule has 0 aliphatic carbocycles. The minimum absolute atomic E-state index is 0.00301. The van der Waals surface area contributed by atoms with Gasteiger partial charge in [0.05, 0.1) is 16.8 Å². The molecule has 2 rings (SSSR count). The van der Waals surface area contributed by atoms with Crippen molar-refractivity contribution in [1.82, 2.24) is 4.98 Å². The normalized spacial score (nSPS) is 10.8. The van der Waals surface area contributed by atoms with Crippen LogP contribution in [-0.4, -0.2) is 10.1 Å². The van der Waals surface area contributed by atoms with Crippen LogP contribution in [0.5, 0.6) is 0 Å². The van der Waals surface area contributed by atoms with E-state index in [9.17, 15) is 0 Å². The molecule has 0 saturated heterocycles. The van der Waals surface area contributed by atoms with Crippen LogP contribution in [0.4, 0.5) is 0 Å². The molecular weight excluding hydrogens is 194 g/mol. The summed E-state index contributed by atoms with van der Waals surface area (Å²) in [6.07, 6.45) is 0. The highest BCUT2D eigenvalue weighted by Crippen LogP contribution is 2.24. The van der Waals surface area contributed by atoms with Gasteiger partial charge >= 0.3 is 0 Å². The quantitative estimate of drug-likeness (QED) is 0.766. The number of nitrogens with zero attached hydrogens (tertiary/aromatic N) is 1. The number of aliphatic hydroxyl groups is 1. The molecule has 1 N–H and O–H groups in total. The molecule has 62 valence electrons. The van der Waals surface area contributed by atoms with Gasteiger partial charge in [0, 0.05) is 5.02 Å². The second-order valence-corrected chi connectivity index (χ2v) is 3.93. The van der Waals surface area contributed by atoms with Gasteiger partial charge in [-0.05, 0) is 18.2 Å². The summed E-state index contributed by atoms with van der Waals surface area (Å²) in [7, 11) is 0. The Morgan fingerprint density at radius 1 is 1.50 bits per heavy atom. The largest absolute Gasteiger partial charge is 0.389 e. The zero-order chi connectivity index (χ0) is 8.55. The minimum atomic E-state index is -0.00301. The van der Waals surface area contributed by atoms with Crippen molar-refractivity contribution < 1.29 is 5.11 Å². The predicted molar refractivity (Wildman–Crippen MR) is 50.6 cm³/mol. The first-order valence-electron chi connectivity index (χ1n) is 3.45. The number of aliphatic hydroxyl groups excluding tert-OH is 1. The van der Waals surface area contributed by atoms with Crippen LogP contribution in [0.3, 0.4) is 0 Å². The van der Waals surface area contributed by atoms with Gasteiger partial charge in [0.2, 0.25) is 0 Å². The summed E-state index contributed by atoms with van der Waals surface area (Å²) < 4.78 is 1.02. The molecule has 2 aromatic rings. The molecule has 1 aromatic carbocycles. The van der Waals surface area contributed by atoms with Crippen LogP contribution in [0.2, 0.25) is 5.02 Å². The van der Waals surface area contributed by atoms with E-state index in [0.29, 0.717) is 5.02 Å². The lowest BCUT2D eigenvalue weighted by molar-refractivity contribution is 0.281. The first-order chi connectivity index (χ1) is 5.79. The van der Waals surface area contributed by atoms with Crippen molar-refractivity contribution in [1.29, 1.82) is 0 Å². The van der Waals surface area contributed by atoms with E-state index in [2.05, 4.69) is 4.98 Å². The maximum atomic E-state index is 8.82. The highest BCUT2D eigenvalue weighted by molar-refractivity contribution is 7.18. The topological polar surface area (TPSA) is 33.1 Å². The molecule has 0 bridgehead atoms. The Balaban J connectivity index is 2.67. The average Bonchev–Trinajstić information content (AvgIpc) is 2.46. The molecule has 0 spiro atoms. The van der Waals surface area contributed by atoms with Crippen molar-refractivity contribution in [2.45, 2.75) is 6.61 Å². The molecule has 1 aromatic heterocycles. The summed E-state index contributed by atoms with van der Waals surface area (Å²) in [6, 6.07) is 5.51. The smallest absolute Gasteiger partial charge is 0.119 e. The lowest BCUT2D eigenvalue weighted by Crippen LogP contribution is -1.77. The van der Waals surface area contributed by atoms with Gasteiger partial charge in [0.25, 0.3) is 0 Å². The number of thiazole rings is 1. The summed E-state index contributed by atoms with van der Waals surface area (Å²) in [4.78, 5) is 4.18. The van der Waals surface area contributed by atoms with E-state index in [1.807, 2.05) is 12.1 Å². The van der Waals surface area contributed by atoms with E-state index in [1.54, 1.807) is 6.07 Å². The van der Waals surface area contributed by atoms with Gasteiger partial charge in [-0.25, -0.2) is 4.98 Å². The Labute approximate surface area is 78.4 Å². The molecule has 0 aliphatic rings. The van der Waals surface area contributed by atoms with Gasteiger partial charge in [0.1, 0.15) is 5.01 Å². The SMILES string of the molecule is OCc1nc2ccc(Cl)cc2s1. The molecular formula is C8H6ClNOS. The third-order valence-electron chi connectivity index (χ3n) is 1.53. The van der Waals surface area contributed by atoms with Gasteiger partial charge < -0.3 is 5.11 Å². The molecule has 4 heteroatoms. The molecule has 1 heterocycles. The molecule has 0 atom stereocenters.